The lowest BCUT2D eigenvalue weighted by Gasteiger charge is -2.06. The lowest BCUT2D eigenvalue weighted by atomic mass is 10.2. The van der Waals surface area contributed by atoms with E-state index in [2.05, 4.69) is 18.5 Å². The molecule has 0 radical (unpaired) electrons. The Balaban J connectivity index is 2.68. The second-order valence-electron chi connectivity index (χ2n) is 3.93. The second-order valence-corrected chi connectivity index (χ2v) is 3.93. The molecular weight excluding hydrogens is 230 g/mol. The van der Waals surface area contributed by atoms with Gasteiger partial charge in [-0.15, -0.1) is 0 Å². The first-order valence-electron chi connectivity index (χ1n) is 5.34. The molecule has 1 N–H and O–H groups in total. The molecule has 1 aromatic rings. The standard InChI is InChI=1S/C14H15NO3/c1-9(2)13(16)15-11-5-7-12(8-6-11)18-14(17)10(3)4/h5-8H,1,3H2,2,4H3,(H,15,16). The first-order valence-corrected chi connectivity index (χ1v) is 5.34. The van der Waals surface area contributed by atoms with E-state index in [-0.39, 0.29) is 5.91 Å². The molecule has 1 aromatic carbocycles. The summed E-state index contributed by atoms with van der Waals surface area (Å²) in [5, 5.41) is 2.65. The van der Waals surface area contributed by atoms with Crippen molar-refractivity contribution in [2.75, 3.05) is 5.32 Å². The minimum absolute atomic E-state index is 0.248. The highest BCUT2D eigenvalue weighted by Gasteiger charge is 2.06. The third-order valence-corrected chi connectivity index (χ3v) is 2.06. The Morgan fingerprint density at radius 1 is 1.06 bits per heavy atom. The molecule has 0 aromatic heterocycles. The monoisotopic (exact) mass is 245 g/mol. The van der Waals surface area contributed by atoms with Gasteiger partial charge < -0.3 is 10.1 Å². The number of amides is 1. The molecule has 4 nitrogen and oxygen atoms in total. The molecule has 0 bridgehead atoms. The van der Waals surface area contributed by atoms with Crippen LogP contribution in [0, 0.1) is 0 Å². The van der Waals surface area contributed by atoms with Gasteiger partial charge in [0, 0.05) is 16.8 Å². The largest absolute Gasteiger partial charge is 0.423 e. The molecule has 1 rings (SSSR count). The molecule has 0 saturated heterocycles. The first kappa shape index (κ1) is 13.7. The van der Waals surface area contributed by atoms with Crippen molar-refractivity contribution < 1.29 is 14.3 Å². The fraction of sp³-hybridized carbons (Fsp3) is 0.143. The summed E-state index contributed by atoms with van der Waals surface area (Å²) in [6.45, 7) is 10.2. The van der Waals surface area contributed by atoms with E-state index in [4.69, 9.17) is 4.74 Å². The molecule has 94 valence electrons. The van der Waals surface area contributed by atoms with Crippen LogP contribution in [0.1, 0.15) is 13.8 Å². The van der Waals surface area contributed by atoms with Crippen LogP contribution in [0.5, 0.6) is 5.75 Å². The lowest BCUT2D eigenvalue weighted by Crippen LogP contribution is -2.12. The molecule has 0 spiro atoms. The van der Waals surface area contributed by atoms with Gasteiger partial charge in [-0.1, -0.05) is 13.2 Å². The van der Waals surface area contributed by atoms with Crippen LogP contribution in [0.25, 0.3) is 0 Å². The maximum absolute atomic E-state index is 11.4. The SMILES string of the molecule is C=C(C)C(=O)Nc1ccc(OC(=O)C(=C)C)cc1. The molecule has 0 fully saturated rings. The zero-order chi connectivity index (χ0) is 13.7. The average Bonchev–Trinajstić information content (AvgIpc) is 2.31. The van der Waals surface area contributed by atoms with Gasteiger partial charge >= 0.3 is 5.97 Å². The smallest absolute Gasteiger partial charge is 0.338 e. The highest BCUT2D eigenvalue weighted by molar-refractivity contribution is 6.02. The number of carbonyl (C=O) groups excluding carboxylic acids is 2. The van der Waals surface area contributed by atoms with E-state index < -0.39 is 5.97 Å². The molecule has 0 aliphatic carbocycles. The molecule has 0 unspecified atom stereocenters. The van der Waals surface area contributed by atoms with Crippen molar-refractivity contribution in [2.24, 2.45) is 0 Å². The van der Waals surface area contributed by atoms with Gasteiger partial charge in [0.25, 0.3) is 5.91 Å². The van der Waals surface area contributed by atoms with Crippen LogP contribution in [0.15, 0.2) is 48.6 Å². The van der Waals surface area contributed by atoms with Crippen LogP contribution < -0.4 is 10.1 Å². The summed E-state index contributed by atoms with van der Waals surface area (Å²) >= 11 is 0. The van der Waals surface area contributed by atoms with Gasteiger partial charge in [0.1, 0.15) is 5.75 Å². The number of rotatable bonds is 4. The van der Waals surface area contributed by atoms with Crippen molar-refractivity contribution in [1.29, 1.82) is 0 Å². The maximum Gasteiger partial charge on any atom is 0.338 e. The van der Waals surface area contributed by atoms with Crippen molar-refractivity contribution in [3.63, 3.8) is 0 Å². The number of nitrogens with one attached hydrogen (secondary N) is 1. The summed E-state index contributed by atoms with van der Waals surface area (Å²) in [4.78, 5) is 22.6. The van der Waals surface area contributed by atoms with Crippen LogP contribution in [0.3, 0.4) is 0 Å². The predicted molar refractivity (Wildman–Crippen MR) is 70.3 cm³/mol. The van der Waals surface area contributed by atoms with E-state index in [0.29, 0.717) is 22.6 Å². The van der Waals surface area contributed by atoms with Crippen LogP contribution in [0.4, 0.5) is 5.69 Å². The molecule has 0 saturated carbocycles. The van der Waals surface area contributed by atoms with Crippen LogP contribution in [-0.4, -0.2) is 11.9 Å². The van der Waals surface area contributed by atoms with Gasteiger partial charge in [0.05, 0.1) is 0 Å². The zero-order valence-corrected chi connectivity index (χ0v) is 10.4. The Hall–Kier alpha value is -2.36. The Morgan fingerprint density at radius 2 is 1.61 bits per heavy atom. The number of benzene rings is 1. The third-order valence-electron chi connectivity index (χ3n) is 2.06. The van der Waals surface area contributed by atoms with Crippen LogP contribution >= 0.6 is 0 Å². The van der Waals surface area contributed by atoms with Crippen molar-refractivity contribution in [2.45, 2.75) is 13.8 Å². The van der Waals surface area contributed by atoms with E-state index in [9.17, 15) is 9.59 Å². The number of hydrogen-bond donors (Lipinski definition) is 1. The summed E-state index contributed by atoms with van der Waals surface area (Å²) in [7, 11) is 0. The minimum atomic E-state index is -0.478. The summed E-state index contributed by atoms with van der Waals surface area (Å²) in [6.07, 6.45) is 0. The Bertz CT molecular complexity index is 453. The van der Waals surface area contributed by atoms with Gasteiger partial charge in [-0.05, 0) is 38.1 Å². The fourth-order valence-corrected chi connectivity index (χ4v) is 1.04. The molecule has 18 heavy (non-hydrogen) atoms. The number of esters is 1. The van der Waals surface area contributed by atoms with Crippen molar-refractivity contribution in [3.05, 3.63) is 48.6 Å². The van der Waals surface area contributed by atoms with Gasteiger partial charge in [0.15, 0.2) is 0 Å². The highest BCUT2D eigenvalue weighted by Crippen LogP contribution is 2.17. The molecule has 0 heterocycles. The molecule has 1 amide bonds. The molecule has 4 heteroatoms. The van der Waals surface area contributed by atoms with E-state index in [1.807, 2.05) is 0 Å². The Labute approximate surface area is 106 Å². The van der Waals surface area contributed by atoms with E-state index in [1.165, 1.54) is 0 Å². The van der Waals surface area contributed by atoms with Crippen molar-refractivity contribution >= 4 is 17.6 Å². The van der Waals surface area contributed by atoms with Gasteiger partial charge in [-0.25, -0.2) is 4.79 Å². The molecular formula is C14H15NO3. The fourth-order valence-electron chi connectivity index (χ4n) is 1.04. The second kappa shape index (κ2) is 5.82. The van der Waals surface area contributed by atoms with E-state index >= 15 is 0 Å². The normalized spacial score (nSPS) is 9.44. The summed E-state index contributed by atoms with van der Waals surface area (Å²) in [6, 6.07) is 6.47. The van der Waals surface area contributed by atoms with Crippen molar-refractivity contribution in [3.8, 4) is 5.75 Å². The van der Waals surface area contributed by atoms with E-state index in [1.54, 1.807) is 38.1 Å². The van der Waals surface area contributed by atoms with Crippen molar-refractivity contribution in [1.82, 2.24) is 0 Å². The summed E-state index contributed by atoms with van der Waals surface area (Å²) in [5.41, 5.74) is 1.36. The number of carbonyl (C=O) groups is 2. The minimum Gasteiger partial charge on any atom is -0.423 e. The summed E-state index contributed by atoms with van der Waals surface area (Å²) in [5.74, 6) is -0.327. The number of hydrogen-bond acceptors (Lipinski definition) is 3. The molecule has 0 aliphatic heterocycles. The molecule has 0 atom stereocenters. The van der Waals surface area contributed by atoms with Crippen LogP contribution in [0.2, 0.25) is 0 Å². The zero-order valence-electron chi connectivity index (χ0n) is 10.4. The Morgan fingerprint density at radius 3 is 2.06 bits per heavy atom. The molecule has 0 aliphatic rings. The Kier molecular flexibility index (Phi) is 4.43. The summed E-state index contributed by atoms with van der Waals surface area (Å²) < 4.78 is 5.01. The van der Waals surface area contributed by atoms with Gasteiger partial charge in [-0.3, -0.25) is 4.79 Å². The first-order chi connectivity index (χ1) is 8.40. The van der Waals surface area contributed by atoms with Crippen LogP contribution in [-0.2, 0) is 9.59 Å². The maximum atomic E-state index is 11.4. The van der Waals surface area contributed by atoms with Gasteiger partial charge in [0.2, 0.25) is 0 Å². The van der Waals surface area contributed by atoms with E-state index in [0.717, 1.165) is 0 Å². The predicted octanol–water partition coefficient (Wildman–Crippen LogP) is 2.68. The lowest BCUT2D eigenvalue weighted by molar-refractivity contribution is -0.130. The van der Waals surface area contributed by atoms with Gasteiger partial charge in [-0.2, -0.15) is 0 Å². The number of ether oxygens (including phenoxy) is 1. The average molecular weight is 245 g/mol. The highest BCUT2D eigenvalue weighted by atomic mass is 16.5. The number of anilines is 1. The quantitative estimate of drug-likeness (QED) is 0.504. The third kappa shape index (κ3) is 3.90. The topological polar surface area (TPSA) is 55.4 Å².